The van der Waals surface area contributed by atoms with Crippen molar-refractivity contribution < 1.29 is 14.1 Å². The van der Waals surface area contributed by atoms with Gasteiger partial charge in [-0.3, -0.25) is 4.79 Å². The molecule has 24 heavy (non-hydrogen) atoms. The van der Waals surface area contributed by atoms with Crippen LogP contribution in [0.1, 0.15) is 45.9 Å². The molecular weight excluding hydrogens is 345 g/mol. The fourth-order valence-corrected chi connectivity index (χ4v) is 3.04. The molecule has 1 aromatic rings. The lowest BCUT2D eigenvalue weighted by Gasteiger charge is -2.32. The number of pyridine rings is 1. The molecule has 0 atom stereocenters. The van der Waals surface area contributed by atoms with Crippen LogP contribution in [0.25, 0.3) is 6.08 Å². The van der Waals surface area contributed by atoms with Crippen LogP contribution in [0.3, 0.4) is 0 Å². The highest BCUT2D eigenvalue weighted by atomic mass is 35.5. The van der Waals surface area contributed by atoms with E-state index in [4.69, 9.17) is 20.9 Å². The zero-order valence-corrected chi connectivity index (χ0v) is 16.5. The Morgan fingerprint density at radius 1 is 1.29 bits per heavy atom. The molecule has 130 valence electrons. The highest BCUT2D eigenvalue weighted by Crippen LogP contribution is 2.39. The third-order valence-electron chi connectivity index (χ3n) is 4.36. The predicted molar refractivity (Wildman–Crippen MR) is 101 cm³/mol. The summed E-state index contributed by atoms with van der Waals surface area (Å²) in [6.45, 7) is 11.5. The van der Waals surface area contributed by atoms with Crippen LogP contribution in [-0.4, -0.2) is 34.2 Å². The third kappa shape index (κ3) is 4.42. The van der Waals surface area contributed by atoms with Crippen LogP contribution in [0.4, 0.5) is 0 Å². The van der Waals surface area contributed by atoms with E-state index in [1.54, 1.807) is 6.92 Å². The first-order valence-corrected chi connectivity index (χ1v) is 9.21. The van der Waals surface area contributed by atoms with Gasteiger partial charge in [-0.05, 0) is 46.2 Å². The van der Waals surface area contributed by atoms with E-state index in [0.717, 1.165) is 16.7 Å². The second-order valence-corrected chi connectivity index (χ2v) is 8.43. The standard InChI is InChI=1S/C17H23BClNO3S/c1-11-7-8-13(15(19)20-11)9-14(10-24-12(2)21)18-22-16(3,4)17(5,6)23-18/h7-9H,10H2,1-6H3. The molecule has 1 aromatic heterocycles. The number of thioether (sulfide) groups is 1. The number of hydrogen-bond acceptors (Lipinski definition) is 5. The summed E-state index contributed by atoms with van der Waals surface area (Å²) in [5, 5.41) is 0.474. The van der Waals surface area contributed by atoms with Gasteiger partial charge >= 0.3 is 7.12 Å². The first-order chi connectivity index (χ1) is 11.0. The Bertz CT molecular complexity index is 660. The second kappa shape index (κ2) is 7.20. The average molecular weight is 368 g/mol. The van der Waals surface area contributed by atoms with Crippen molar-refractivity contribution in [2.45, 2.75) is 52.7 Å². The fourth-order valence-electron chi connectivity index (χ4n) is 2.20. The first kappa shape index (κ1) is 19.5. The van der Waals surface area contributed by atoms with E-state index >= 15 is 0 Å². The van der Waals surface area contributed by atoms with Crippen molar-refractivity contribution in [1.29, 1.82) is 0 Å². The minimum absolute atomic E-state index is 0.0468. The Balaban J connectivity index is 2.35. The molecule has 0 bridgehead atoms. The molecule has 0 radical (unpaired) electrons. The summed E-state index contributed by atoms with van der Waals surface area (Å²) in [5.41, 5.74) is 1.63. The minimum Gasteiger partial charge on any atom is -0.400 e. The van der Waals surface area contributed by atoms with Gasteiger partial charge in [-0.2, -0.15) is 0 Å². The van der Waals surface area contributed by atoms with Crippen LogP contribution in [-0.2, 0) is 14.1 Å². The van der Waals surface area contributed by atoms with Crippen LogP contribution < -0.4 is 0 Å². The number of aryl methyl sites for hydroxylation is 1. The molecule has 0 amide bonds. The highest BCUT2D eigenvalue weighted by molar-refractivity contribution is 8.13. The monoisotopic (exact) mass is 367 g/mol. The zero-order chi connectivity index (χ0) is 18.1. The quantitative estimate of drug-likeness (QED) is 0.585. The van der Waals surface area contributed by atoms with Gasteiger partial charge in [0.2, 0.25) is 0 Å². The van der Waals surface area contributed by atoms with E-state index in [2.05, 4.69) is 4.98 Å². The Morgan fingerprint density at radius 3 is 2.38 bits per heavy atom. The van der Waals surface area contributed by atoms with Gasteiger partial charge in [-0.1, -0.05) is 35.5 Å². The van der Waals surface area contributed by atoms with E-state index in [1.807, 2.05) is 52.8 Å². The lowest BCUT2D eigenvalue weighted by atomic mass is 9.78. The first-order valence-electron chi connectivity index (χ1n) is 7.84. The molecule has 0 unspecified atom stereocenters. The Morgan fingerprint density at radius 2 is 1.88 bits per heavy atom. The number of nitrogens with zero attached hydrogens (tertiary/aromatic N) is 1. The fraction of sp³-hybridized carbons (Fsp3) is 0.529. The summed E-state index contributed by atoms with van der Waals surface area (Å²) in [4.78, 5) is 15.7. The number of carbonyl (C=O) groups excluding carboxylic acids is 1. The van der Waals surface area contributed by atoms with Crippen molar-refractivity contribution in [3.8, 4) is 0 Å². The Labute approximate surface area is 153 Å². The van der Waals surface area contributed by atoms with Crippen LogP contribution >= 0.6 is 23.4 Å². The summed E-state index contributed by atoms with van der Waals surface area (Å²) in [6.07, 6.45) is 1.91. The molecule has 0 spiro atoms. The smallest absolute Gasteiger partial charge is 0.400 e. The van der Waals surface area contributed by atoms with Gasteiger partial charge < -0.3 is 9.31 Å². The van der Waals surface area contributed by atoms with Crippen molar-refractivity contribution in [3.63, 3.8) is 0 Å². The molecule has 0 saturated carbocycles. The second-order valence-electron chi connectivity index (χ2n) is 6.92. The van der Waals surface area contributed by atoms with E-state index in [9.17, 15) is 4.79 Å². The molecule has 1 aliphatic heterocycles. The van der Waals surface area contributed by atoms with Crippen molar-refractivity contribution in [3.05, 3.63) is 34.0 Å². The molecule has 0 aromatic carbocycles. The molecule has 4 nitrogen and oxygen atoms in total. The molecule has 2 rings (SSSR count). The maximum absolute atomic E-state index is 11.4. The maximum atomic E-state index is 11.4. The lowest BCUT2D eigenvalue weighted by Crippen LogP contribution is -2.41. The molecule has 7 heteroatoms. The molecule has 0 aliphatic carbocycles. The Hall–Kier alpha value is -0.815. The van der Waals surface area contributed by atoms with E-state index in [-0.39, 0.29) is 5.12 Å². The van der Waals surface area contributed by atoms with Gasteiger partial charge in [0, 0.05) is 23.9 Å². The molecule has 1 aliphatic rings. The number of halogens is 1. The largest absolute Gasteiger partial charge is 0.491 e. The van der Waals surface area contributed by atoms with Gasteiger partial charge in [0.25, 0.3) is 0 Å². The normalized spacial score (nSPS) is 19.6. The number of rotatable bonds is 4. The van der Waals surface area contributed by atoms with Gasteiger partial charge in [-0.15, -0.1) is 0 Å². The number of hydrogen-bond donors (Lipinski definition) is 0. The predicted octanol–water partition coefficient (Wildman–Crippen LogP) is 4.34. The van der Waals surface area contributed by atoms with Crippen molar-refractivity contribution in [1.82, 2.24) is 4.98 Å². The number of aromatic nitrogens is 1. The van der Waals surface area contributed by atoms with E-state index in [0.29, 0.717) is 10.9 Å². The molecule has 1 fully saturated rings. The van der Waals surface area contributed by atoms with Gasteiger partial charge in [0.1, 0.15) is 5.15 Å². The third-order valence-corrected chi connectivity index (χ3v) is 5.54. The topological polar surface area (TPSA) is 48.4 Å². The molecular formula is C17H23BClNO3S. The lowest BCUT2D eigenvalue weighted by molar-refractivity contribution is -0.109. The summed E-state index contributed by atoms with van der Waals surface area (Å²) >= 11 is 7.47. The average Bonchev–Trinajstić information content (AvgIpc) is 2.65. The van der Waals surface area contributed by atoms with Crippen LogP contribution in [0.2, 0.25) is 5.15 Å². The highest BCUT2D eigenvalue weighted by Gasteiger charge is 2.52. The van der Waals surface area contributed by atoms with Crippen LogP contribution in [0.5, 0.6) is 0 Å². The molecule has 2 heterocycles. The zero-order valence-electron chi connectivity index (χ0n) is 15.0. The van der Waals surface area contributed by atoms with Crippen LogP contribution in [0.15, 0.2) is 17.6 Å². The SMILES string of the molecule is CC(=O)SCC(=Cc1ccc(C)nc1Cl)B1OC(C)(C)C(C)(C)O1. The summed E-state index contributed by atoms with van der Waals surface area (Å²) in [6, 6.07) is 3.81. The summed E-state index contributed by atoms with van der Waals surface area (Å²) < 4.78 is 12.2. The van der Waals surface area contributed by atoms with Gasteiger partial charge in [-0.25, -0.2) is 4.98 Å². The minimum atomic E-state index is -0.515. The summed E-state index contributed by atoms with van der Waals surface area (Å²) in [5.74, 6) is 0.483. The van der Waals surface area contributed by atoms with E-state index < -0.39 is 18.3 Å². The van der Waals surface area contributed by atoms with Gasteiger partial charge in [0.05, 0.1) is 11.2 Å². The maximum Gasteiger partial charge on any atom is 0.491 e. The number of carbonyl (C=O) groups is 1. The van der Waals surface area contributed by atoms with Crippen molar-refractivity contribution in [2.75, 3.05) is 5.75 Å². The Kier molecular flexibility index (Phi) is 5.85. The van der Waals surface area contributed by atoms with E-state index in [1.165, 1.54) is 11.8 Å². The van der Waals surface area contributed by atoms with Crippen molar-refractivity contribution in [2.24, 2.45) is 0 Å². The molecule has 0 N–H and O–H groups in total. The van der Waals surface area contributed by atoms with Gasteiger partial charge in [0.15, 0.2) is 5.12 Å². The summed E-state index contributed by atoms with van der Waals surface area (Å²) in [7, 11) is -0.515. The van der Waals surface area contributed by atoms with Crippen LogP contribution in [0, 0.1) is 6.92 Å². The molecule has 1 saturated heterocycles. The van der Waals surface area contributed by atoms with Crippen molar-refractivity contribution >= 4 is 41.7 Å².